The van der Waals surface area contributed by atoms with Gasteiger partial charge in [-0.2, -0.15) is 0 Å². The molecule has 0 aliphatic carbocycles. The van der Waals surface area contributed by atoms with Crippen molar-refractivity contribution < 1.29 is 9.90 Å². The first-order valence-corrected chi connectivity index (χ1v) is 8.27. The molecule has 0 spiro atoms. The lowest BCUT2D eigenvalue weighted by Gasteiger charge is -2.12. The number of guanidine groups is 1. The normalized spacial score (nSPS) is 10.7. The predicted molar refractivity (Wildman–Crippen MR) is 109 cm³/mol. The second-order valence-electron chi connectivity index (χ2n) is 5.17. The maximum atomic E-state index is 11.9. The van der Waals surface area contributed by atoms with Gasteiger partial charge in [0.05, 0.1) is 5.56 Å². The third-order valence-corrected chi connectivity index (χ3v) is 3.23. The van der Waals surface area contributed by atoms with Crippen LogP contribution in [0.2, 0.25) is 0 Å². The van der Waals surface area contributed by atoms with E-state index in [2.05, 4.69) is 27.9 Å². The predicted octanol–water partition coefficient (Wildman–Crippen LogP) is 2.49. The highest BCUT2D eigenvalue weighted by Crippen LogP contribution is 2.14. The number of phenols is 1. The fourth-order valence-corrected chi connectivity index (χ4v) is 2.01. The van der Waals surface area contributed by atoms with Gasteiger partial charge < -0.3 is 21.1 Å². The van der Waals surface area contributed by atoms with Crippen molar-refractivity contribution in [1.82, 2.24) is 16.0 Å². The van der Waals surface area contributed by atoms with Crippen LogP contribution in [0.15, 0.2) is 29.3 Å². The average molecular weight is 448 g/mol. The van der Waals surface area contributed by atoms with E-state index in [0.29, 0.717) is 13.1 Å². The number of halogens is 1. The second kappa shape index (κ2) is 13.9. The van der Waals surface area contributed by atoms with Gasteiger partial charge in [-0.3, -0.25) is 9.79 Å². The van der Waals surface area contributed by atoms with Crippen LogP contribution in [0.25, 0.3) is 0 Å². The van der Waals surface area contributed by atoms with E-state index in [-0.39, 0.29) is 41.2 Å². The molecule has 0 saturated carbocycles. The van der Waals surface area contributed by atoms with Crippen LogP contribution >= 0.6 is 24.0 Å². The molecular formula is C17H29IN4O2. The zero-order chi connectivity index (χ0) is 16.9. The van der Waals surface area contributed by atoms with Crippen LogP contribution in [0.5, 0.6) is 5.75 Å². The van der Waals surface area contributed by atoms with Crippen LogP contribution in [0.4, 0.5) is 0 Å². The maximum absolute atomic E-state index is 11.9. The zero-order valence-corrected chi connectivity index (χ0v) is 16.8. The van der Waals surface area contributed by atoms with Gasteiger partial charge in [0.2, 0.25) is 0 Å². The molecular weight excluding hydrogens is 419 g/mol. The van der Waals surface area contributed by atoms with Crippen molar-refractivity contribution in [2.45, 2.75) is 33.1 Å². The summed E-state index contributed by atoms with van der Waals surface area (Å²) in [6.07, 6.45) is 3.44. The Morgan fingerprint density at radius 3 is 2.46 bits per heavy atom. The number of aliphatic imine (C=N–C) groups is 1. The van der Waals surface area contributed by atoms with E-state index >= 15 is 0 Å². The van der Waals surface area contributed by atoms with E-state index in [4.69, 9.17) is 0 Å². The summed E-state index contributed by atoms with van der Waals surface area (Å²) in [5.74, 6) is 0.471. The Bertz CT molecular complexity index is 509. The molecule has 136 valence electrons. The van der Waals surface area contributed by atoms with E-state index in [1.165, 1.54) is 18.9 Å². The van der Waals surface area contributed by atoms with Crippen molar-refractivity contribution in [3.63, 3.8) is 0 Å². The number of nitrogens with zero attached hydrogens (tertiary/aromatic N) is 1. The molecule has 4 N–H and O–H groups in total. The van der Waals surface area contributed by atoms with E-state index in [0.717, 1.165) is 25.5 Å². The molecule has 0 aliphatic rings. The maximum Gasteiger partial charge on any atom is 0.255 e. The number of carbonyl (C=O) groups is 1. The van der Waals surface area contributed by atoms with Gasteiger partial charge >= 0.3 is 0 Å². The molecule has 0 saturated heterocycles. The summed E-state index contributed by atoms with van der Waals surface area (Å²) < 4.78 is 0. The molecule has 1 amide bonds. The fourth-order valence-electron chi connectivity index (χ4n) is 2.01. The Kier molecular flexibility index (Phi) is 13.0. The number of phenolic OH excluding ortho intramolecular Hbond substituents is 1. The summed E-state index contributed by atoms with van der Waals surface area (Å²) in [4.78, 5) is 16.4. The number of rotatable bonds is 9. The van der Waals surface area contributed by atoms with Gasteiger partial charge in [0.1, 0.15) is 5.75 Å². The Hall–Kier alpha value is -1.51. The lowest BCUT2D eigenvalue weighted by molar-refractivity contribution is 0.0951. The van der Waals surface area contributed by atoms with Crippen LogP contribution in [0.3, 0.4) is 0 Å². The number of aromatic hydroxyl groups is 1. The van der Waals surface area contributed by atoms with Crippen molar-refractivity contribution in [3.8, 4) is 5.75 Å². The van der Waals surface area contributed by atoms with Crippen LogP contribution in [-0.2, 0) is 0 Å². The largest absolute Gasteiger partial charge is 0.507 e. The molecule has 0 radical (unpaired) electrons. The first kappa shape index (κ1) is 22.5. The van der Waals surface area contributed by atoms with E-state index in [1.54, 1.807) is 18.2 Å². The van der Waals surface area contributed by atoms with Crippen LogP contribution < -0.4 is 16.0 Å². The molecule has 0 atom stereocenters. The first-order chi connectivity index (χ1) is 11.2. The van der Waals surface area contributed by atoms with Crippen molar-refractivity contribution in [2.24, 2.45) is 4.99 Å². The van der Waals surface area contributed by atoms with Gasteiger partial charge in [0.25, 0.3) is 5.91 Å². The van der Waals surface area contributed by atoms with Crippen LogP contribution in [0, 0.1) is 0 Å². The summed E-state index contributed by atoms with van der Waals surface area (Å²) in [6, 6.07) is 6.50. The third-order valence-electron chi connectivity index (χ3n) is 3.23. The molecule has 1 aromatic carbocycles. The topological polar surface area (TPSA) is 85.8 Å². The van der Waals surface area contributed by atoms with E-state index < -0.39 is 0 Å². The standard InChI is InChI=1S/C17H28N4O2.HI/c1-3-5-8-11-20-17(18-4-2)21-13-12-19-16(23)14-9-6-7-10-15(14)22;/h6-7,9-10,22H,3-5,8,11-13H2,1-2H3,(H,19,23)(H2,18,20,21);1H. The number of nitrogens with one attached hydrogen (secondary N) is 3. The van der Waals surface area contributed by atoms with Gasteiger partial charge in [0, 0.05) is 26.2 Å². The lowest BCUT2D eigenvalue weighted by atomic mass is 10.2. The number of para-hydroxylation sites is 1. The number of amides is 1. The molecule has 24 heavy (non-hydrogen) atoms. The highest BCUT2D eigenvalue weighted by Gasteiger charge is 2.08. The number of benzene rings is 1. The minimum atomic E-state index is -0.283. The Labute approximate surface area is 161 Å². The van der Waals surface area contributed by atoms with Crippen LogP contribution in [-0.4, -0.2) is 43.2 Å². The van der Waals surface area contributed by atoms with Crippen molar-refractivity contribution >= 4 is 35.8 Å². The molecule has 0 fully saturated rings. The monoisotopic (exact) mass is 448 g/mol. The summed E-state index contributed by atoms with van der Waals surface area (Å²) in [7, 11) is 0. The average Bonchev–Trinajstić information content (AvgIpc) is 2.55. The Morgan fingerprint density at radius 1 is 1.08 bits per heavy atom. The molecule has 7 heteroatoms. The molecule has 0 bridgehead atoms. The number of hydrogen-bond donors (Lipinski definition) is 4. The van der Waals surface area contributed by atoms with E-state index in [1.807, 2.05) is 6.92 Å². The number of hydrogen-bond acceptors (Lipinski definition) is 3. The minimum absolute atomic E-state index is 0. The van der Waals surface area contributed by atoms with Gasteiger partial charge in [-0.1, -0.05) is 31.9 Å². The van der Waals surface area contributed by atoms with Gasteiger partial charge in [-0.05, 0) is 25.5 Å². The molecule has 0 unspecified atom stereocenters. The van der Waals surface area contributed by atoms with Gasteiger partial charge in [0.15, 0.2) is 5.96 Å². The third kappa shape index (κ3) is 8.95. The SMILES string of the molecule is CCCCCN=C(NCC)NCCNC(=O)c1ccccc1O.I. The molecule has 0 aromatic heterocycles. The Morgan fingerprint density at radius 2 is 1.79 bits per heavy atom. The minimum Gasteiger partial charge on any atom is -0.507 e. The van der Waals surface area contributed by atoms with Crippen molar-refractivity contribution in [1.29, 1.82) is 0 Å². The summed E-state index contributed by atoms with van der Waals surface area (Å²) in [6.45, 7) is 6.80. The molecule has 0 heterocycles. The summed E-state index contributed by atoms with van der Waals surface area (Å²) in [5, 5.41) is 18.8. The molecule has 1 rings (SSSR count). The quantitative estimate of drug-likeness (QED) is 0.202. The van der Waals surface area contributed by atoms with Gasteiger partial charge in [-0.15, -0.1) is 24.0 Å². The van der Waals surface area contributed by atoms with Crippen molar-refractivity contribution in [2.75, 3.05) is 26.2 Å². The highest BCUT2D eigenvalue weighted by molar-refractivity contribution is 14.0. The number of carbonyl (C=O) groups excluding carboxylic acids is 1. The van der Waals surface area contributed by atoms with E-state index in [9.17, 15) is 9.90 Å². The molecule has 0 aliphatic heterocycles. The molecule has 6 nitrogen and oxygen atoms in total. The van der Waals surface area contributed by atoms with Gasteiger partial charge in [-0.25, -0.2) is 0 Å². The first-order valence-electron chi connectivity index (χ1n) is 8.27. The zero-order valence-electron chi connectivity index (χ0n) is 14.5. The van der Waals surface area contributed by atoms with Crippen LogP contribution in [0.1, 0.15) is 43.5 Å². The highest BCUT2D eigenvalue weighted by atomic mass is 127. The molecule has 1 aromatic rings. The number of unbranched alkanes of at least 4 members (excludes halogenated alkanes) is 2. The van der Waals surface area contributed by atoms with Crippen molar-refractivity contribution in [3.05, 3.63) is 29.8 Å². The summed E-state index contributed by atoms with van der Waals surface area (Å²) in [5.41, 5.74) is 0.285. The fraction of sp³-hybridized carbons (Fsp3) is 0.529. The lowest BCUT2D eigenvalue weighted by Crippen LogP contribution is -2.41. The second-order valence-corrected chi connectivity index (χ2v) is 5.17. The smallest absolute Gasteiger partial charge is 0.255 e. The summed E-state index contributed by atoms with van der Waals surface area (Å²) >= 11 is 0. The Balaban J connectivity index is 0.00000529.